The predicted molar refractivity (Wildman–Crippen MR) is 116 cm³/mol. The molecule has 0 radical (unpaired) electrons. The molecule has 0 fully saturated rings. The first kappa shape index (κ1) is 20.7. The van der Waals surface area contributed by atoms with E-state index in [1.807, 2.05) is 48.9 Å². The number of carbonyl (C=O) groups is 1. The van der Waals surface area contributed by atoms with E-state index in [-0.39, 0.29) is 18.2 Å². The van der Waals surface area contributed by atoms with E-state index < -0.39 is 0 Å². The van der Waals surface area contributed by atoms with E-state index in [2.05, 4.69) is 21.9 Å². The van der Waals surface area contributed by atoms with Crippen LogP contribution in [0.2, 0.25) is 0 Å². The molecular weight excluding hydrogens is 386 g/mol. The number of aromatic nitrogens is 1. The van der Waals surface area contributed by atoms with Gasteiger partial charge in [-0.2, -0.15) is 11.3 Å². The molecule has 2 N–H and O–H groups in total. The number of ketones is 1. The minimum absolute atomic E-state index is 0.115. The third kappa shape index (κ3) is 5.06. The van der Waals surface area contributed by atoms with E-state index in [0.717, 1.165) is 35.7 Å². The third-order valence-electron chi connectivity index (χ3n) is 4.83. The van der Waals surface area contributed by atoms with E-state index in [4.69, 9.17) is 15.3 Å². The molecule has 0 saturated heterocycles. The summed E-state index contributed by atoms with van der Waals surface area (Å²) < 4.78 is 7.35. The van der Waals surface area contributed by atoms with Gasteiger partial charge in [-0.1, -0.05) is 17.3 Å². The van der Waals surface area contributed by atoms with Gasteiger partial charge >= 0.3 is 0 Å². The molecular formula is C22H25N3O3S. The lowest BCUT2D eigenvalue weighted by molar-refractivity contribution is 0.0775. The SMILES string of the molecule is COc1ccc(CCn2c(C)cc(C(=O)CO/N=C(\N)c3ccsc3)c2C)cc1. The van der Waals surface area contributed by atoms with Gasteiger partial charge in [0.1, 0.15) is 5.75 Å². The van der Waals surface area contributed by atoms with Crippen LogP contribution in [0.1, 0.15) is 32.9 Å². The number of nitrogens with zero attached hydrogens (tertiary/aromatic N) is 2. The zero-order valence-corrected chi connectivity index (χ0v) is 17.7. The molecule has 1 aromatic carbocycles. The normalized spacial score (nSPS) is 11.5. The molecule has 3 aromatic rings. The second-order valence-electron chi connectivity index (χ2n) is 6.72. The van der Waals surface area contributed by atoms with E-state index in [9.17, 15) is 4.79 Å². The lowest BCUT2D eigenvalue weighted by atomic mass is 10.1. The number of hydrogen-bond acceptors (Lipinski definition) is 5. The number of rotatable bonds is 9. The Kier molecular flexibility index (Phi) is 6.72. The van der Waals surface area contributed by atoms with Crippen molar-refractivity contribution in [3.05, 3.63) is 75.2 Å². The standard InChI is InChI=1S/C22H25N3O3S/c1-15-12-20(21(26)13-28-24-22(23)18-9-11-29-14-18)16(2)25(15)10-8-17-4-6-19(27-3)7-5-17/h4-7,9,11-12,14H,8,10,13H2,1-3H3,(H2,23,24). The van der Waals surface area contributed by atoms with Crippen LogP contribution in [-0.4, -0.2) is 29.9 Å². The Bertz CT molecular complexity index is 989. The number of hydrogen-bond donors (Lipinski definition) is 1. The highest BCUT2D eigenvalue weighted by Gasteiger charge is 2.16. The van der Waals surface area contributed by atoms with Crippen molar-refractivity contribution in [2.45, 2.75) is 26.8 Å². The molecule has 0 aliphatic heterocycles. The zero-order valence-electron chi connectivity index (χ0n) is 16.8. The maximum absolute atomic E-state index is 12.6. The van der Waals surface area contributed by atoms with Crippen molar-refractivity contribution in [2.24, 2.45) is 10.9 Å². The second kappa shape index (κ2) is 9.43. The number of nitrogens with two attached hydrogens (primary N) is 1. The van der Waals surface area contributed by atoms with Gasteiger partial charge in [0.2, 0.25) is 5.78 Å². The van der Waals surface area contributed by atoms with Gasteiger partial charge in [-0.3, -0.25) is 4.79 Å². The average Bonchev–Trinajstić information content (AvgIpc) is 3.35. The first-order valence-electron chi connectivity index (χ1n) is 9.30. The molecule has 2 heterocycles. The summed E-state index contributed by atoms with van der Waals surface area (Å²) in [6.45, 7) is 4.61. The van der Waals surface area contributed by atoms with Gasteiger partial charge in [-0.05, 0) is 55.5 Å². The molecule has 0 atom stereocenters. The van der Waals surface area contributed by atoms with Crippen LogP contribution in [0.5, 0.6) is 5.75 Å². The number of ether oxygens (including phenoxy) is 1. The lowest BCUT2D eigenvalue weighted by Gasteiger charge is -2.10. The number of Topliss-reactive ketones (excluding diaryl/α,β-unsaturated/α-hetero) is 1. The van der Waals surface area contributed by atoms with E-state index >= 15 is 0 Å². The van der Waals surface area contributed by atoms with Crippen molar-refractivity contribution < 1.29 is 14.4 Å². The molecule has 0 amide bonds. The summed E-state index contributed by atoms with van der Waals surface area (Å²) in [5.41, 5.74) is 10.5. The molecule has 6 nitrogen and oxygen atoms in total. The smallest absolute Gasteiger partial charge is 0.204 e. The number of benzene rings is 1. The summed E-state index contributed by atoms with van der Waals surface area (Å²) >= 11 is 1.52. The summed E-state index contributed by atoms with van der Waals surface area (Å²) in [6, 6.07) is 11.8. The summed E-state index contributed by atoms with van der Waals surface area (Å²) in [7, 11) is 1.66. The molecule has 7 heteroatoms. The largest absolute Gasteiger partial charge is 0.497 e. The monoisotopic (exact) mass is 411 g/mol. The maximum Gasteiger partial charge on any atom is 0.204 e. The molecule has 0 bridgehead atoms. The first-order chi connectivity index (χ1) is 14.0. The van der Waals surface area contributed by atoms with Gasteiger partial charge in [0.15, 0.2) is 12.4 Å². The van der Waals surface area contributed by atoms with Crippen molar-refractivity contribution in [3.8, 4) is 5.75 Å². The summed E-state index contributed by atoms with van der Waals surface area (Å²) in [5.74, 6) is 0.997. The van der Waals surface area contributed by atoms with Gasteiger partial charge < -0.3 is 19.9 Å². The van der Waals surface area contributed by atoms with Crippen LogP contribution in [0, 0.1) is 13.8 Å². The fraction of sp³-hybridized carbons (Fsp3) is 0.273. The van der Waals surface area contributed by atoms with Gasteiger partial charge in [0.25, 0.3) is 0 Å². The molecule has 0 spiro atoms. The van der Waals surface area contributed by atoms with Gasteiger partial charge in [0, 0.05) is 34.4 Å². The maximum atomic E-state index is 12.6. The van der Waals surface area contributed by atoms with Crippen molar-refractivity contribution in [1.82, 2.24) is 4.57 Å². The Morgan fingerprint density at radius 3 is 2.62 bits per heavy atom. The number of thiophene rings is 1. The summed E-state index contributed by atoms with van der Waals surface area (Å²) in [6.07, 6.45) is 0.867. The van der Waals surface area contributed by atoms with E-state index in [1.54, 1.807) is 7.11 Å². The van der Waals surface area contributed by atoms with Crippen molar-refractivity contribution in [2.75, 3.05) is 13.7 Å². The zero-order chi connectivity index (χ0) is 20.8. The fourth-order valence-electron chi connectivity index (χ4n) is 3.16. The van der Waals surface area contributed by atoms with Crippen LogP contribution < -0.4 is 10.5 Å². The highest BCUT2D eigenvalue weighted by molar-refractivity contribution is 7.08. The highest BCUT2D eigenvalue weighted by atomic mass is 32.1. The topological polar surface area (TPSA) is 78.8 Å². The molecule has 2 aromatic heterocycles. The first-order valence-corrected chi connectivity index (χ1v) is 10.2. The van der Waals surface area contributed by atoms with E-state index in [0.29, 0.717) is 5.56 Å². The van der Waals surface area contributed by atoms with Crippen LogP contribution in [0.3, 0.4) is 0 Å². The highest BCUT2D eigenvalue weighted by Crippen LogP contribution is 2.18. The number of carbonyl (C=O) groups excluding carboxylic acids is 1. The van der Waals surface area contributed by atoms with Gasteiger partial charge in [-0.25, -0.2) is 0 Å². The van der Waals surface area contributed by atoms with Crippen LogP contribution >= 0.6 is 11.3 Å². The number of oxime groups is 1. The third-order valence-corrected chi connectivity index (χ3v) is 5.52. The minimum Gasteiger partial charge on any atom is -0.497 e. The Morgan fingerprint density at radius 1 is 1.21 bits per heavy atom. The Hall–Kier alpha value is -3.06. The molecule has 0 unspecified atom stereocenters. The average molecular weight is 412 g/mol. The van der Waals surface area contributed by atoms with Gasteiger partial charge in [-0.15, -0.1) is 0 Å². The lowest BCUT2D eigenvalue weighted by Crippen LogP contribution is -2.15. The number of aryl methyl sites for hydroxylation is 2. The molecule has 29 heavy (non-hydrogen) atoms. The van der Waals surface area contributed by atoms with Crippen LogP contribution in [-0.2, 0) is 17.8 Å². The summed E-state index contributed by atoms with van der Waals surface area (Å²) in [4.78, 5) is 17.8. The second-order valence-corrected chi connectivity index (χ2v) is 7.50. The molecule has 0 aliphatic rings. The summed E-state index contributed by atoms with van der Waals surface area (Å²) in [5, 5.41) is 7.63. The quantitative estimate of drug-likeness (QED) is 0.250. The van der Waals surface area contributed by atoms with Crippen molar-refractivity contribution in [1.29, 1.82) is 0 Å². The molecule has 152 valence electrons. The molecule has 0 saturated carbocycles. The molecule has 3 rings (SSSR count). The Morgan fingerprint density at radius 2 is 1.97 bits per heavy atom. The number of amidine groups is 1. The predicted octanol–water partition coefficient (Wildman–Crippen LogP) is 3.94. The van der Waals surface area contributed by atoms with Crippen molar-refractivity contribution >= 4 is 23.0 Å². The minimum atomic E-state index is -0.145. The Balaban J connectivity index is 1.61. The van der Waals surface area contributed by atoms with E-state index in [1.165, 1.54) is 16.9 Å². The van der Waals surface area contributed by atoms with Crippen molar-refractivity contribution in [3.63, 3.8) is 0 Å². The molecule has 0 aliphatic carbocycles. The Labute approximate surface area is 174 Å². The number of methoxy groups -OCH3 is 1. The van der Waals surface area contributed by atoms with Crippen LogP contribution in [0.15, 0.2) is 52.3 Å². The van der Waals surface area contributed by atoms with Gasteiger partial charge in [0.05, 0.1) is 7.11 Å². The van der Waals surface area contributed by atoms with Crippen LogP contribution in [0.25, 0.3) is 0 Å². The fourth-order valence-corrected chi connectivity index (χ4v) is 3.81. The van der Waals surface area contributed by atoms with Crippen LogP contribution in [0.4, 0.5) is 0 Å².